The van der Waals surface area contributed by atoms with Crippen LogP contribution in [0.2, 0.25) is 5.02 Å². The number of nitrogens with zero attached hydrogens (tertiary/aromatic N) is 2. The van der Waals surface area contributed by atoms with Gasteiger partial charge in [0.2, 0.25) is 0 Å². The van der Waals surface area contributed by atoms with Crippen LogP contribution in [0.5, 0.6) is 0 Å². The number of hydrogen-bond donors (Lipinski definition) is 1. The van der Waals surface area contributed by atoms with Gasteiger partial charge in [-0.05, 0) is 36.6 Å². The molecule has 0 fully saturated rings. The van der Waals surface area contributed by atoms with Crippen molar-refractivity contribution in [3.63, 3.8) is 0 Å². The van der Waals surface area contributed by atoms with E-state index in [9.17, 15) is 4.79 Å². The number of pyridine rings is 1. The maximum absolute atomic E-state index is 12.8. The second kappa shape index (κ2) is 8.43. The van der Waals surface area contributed by atoms with Gasteiger partial charge in [0.25, 0.3) is 5.91 Å². The lowest BCUT2D eigenvalue weighted by atomic mass is 10.0. The van der Waals surface area contributed by atoms with E-state index in [2.05, 4.69) is 29.1 Å². The molecular weight excluding hydrogens is 366 g/mol. The quantitative estimate of drug-likeness (QED) is 0.620. The zero-order valence-electron chi connectivity index (χ0n) is 14.6. The second-order valence-electron chi connectivity index (χ2n) is 6.44. The summed E-state index contributed by atoms with van der Waals surface area (Å²) in [6, 6.07) is 12.7. The number of halogens is 1. The van der Waals surface area contributed by atoms with Crippen molar-refractivity contribution in [2.45, 2.75) is 26.3 Å². The molecule has 6 heteroatoms. The third-order valence-corrected chi connectivity index (χ3v) is 4.99. The van der Waals surface area contributed by atoms with E-state index in [0.29, 0.717) is 16.6 Å². The summed E-state index contributed by atoms with van der Waals surface area (Å²) < 4.78 is 0. The Balaban J connectivity index is 1.82. The zero-order valence-corrected chi connectivity index (χ0v) is 16.2. The Morgan fingerprint density at radius 2 is 2.04 bits per heavy atom. The van der Waals surface area contributed by atoms with Crippen molar-refractivity contribution in [1.82, 2.24) is 15.3 Å². The first kappa shape index (κ1) is 18.5. The highest BCUT2D eigenvalue weighted by molar-refractivity contribution is 7.09. The van der Waals surface area contributed by atoms with E-state index in [0.717, 1.165) is 22.7 Å². The van der Waals surface area contributed by atoms with Gasteiger partial charge in [0, 0.05) is 22.2 Å². The molecule has 134 valence electrons. The number of benzene rings is 1. The minimum absolute atomic E-state index is 0.112. The van der Waals surface area contributed by atoms with E-state index in [4.69, 9.17) is 11.6 Å². The Hall–Kier alpha value is -2.24. The van der Waals surface area contributed by atoms with Gasteiger partial charge in [0.15, 0.2) is 0 Å². The molecule has 0 aliphatic carbocycles. The number of nitrogens with one attached hydrogen (secondary N) is 1. The number of aromatic nitrogens is 2. The Morgan fingerprint density at radius 3 is 2.73 bits per heavy atom. The van der Waals surface area contributed by atoms with Crippen LogP contribution in [0, 0.1) is 5.92 Å². The van der Waals surface area contributed by atoms with Crippen molar-refractivity contribution in [3.8, 4) is 11.3 Å². The third kappa shape index (κ3) is 4.68. The maximum Gasteiger partial charge on any atom is 0.270 e. The fourth-order valence-electron chi connectivity index (χ4n) is 2.70. The van der Waals surface area contributed by atoms with Crippen LogP contribution in [0.1, 0.15) is 41.8 Å². The van der Waals surface area contributed by atoms with Gasteiger partial charge in [-0.2, -0.15) is 0 Å². The molecule has 3 rings (SSSR count). The lowest BCUT2D eigenvalue weighted by molar-refractivity contribution is 0.0927. The Labute approximate surface area is 162 Å². The normalized spacial score (nSPS) is 12.2. The van der Waals surface area contributed by atoms with Crippen molar-refractivity contribution < 1.29 is 4.79 Å². The molecule has 0 saturated heterocycles. The predicted octanol–water partition coefficient (Wildman–Crippen LogP) is 5.38. The van der Waals surface area contributed by atoms with E-state index in [1.54, 1.807) is 23.6 Å². The molecule has 1 aromatic carbocycles. The SMILES string of the molecule is CC(C)CC(NC(=O)c1cccc(-c2cccc(Cl)c2)n1)c1nccs1. The number of carbonyl (C=O) groups is 1. The van der Waals surface area contributed by atoms with Gasteiger partial charge in [-0.3, -0.25) is 4.79 Å². The summed E-state index contributed by atoms with van der Waals surface area (Å²) in [6.07, 6.45) is 2.59. The Bertz CT molecular complexity index is 880. The van der Waals surface area contributed by atoms with Crippen LogP contribution in [-0.2, 0) is 0 Å². The van der Waals surface area contributed by atoms with Crippen molar-refractivity contribution >= 4 is 28.8 Å². The van der Waals surface area contributed by atoms with E-state index in [1.165, 1.54) is 0 Å². The molecule has 3 aromatic rings. The molecule has 4 nitrogen and oxygen atoms in total. The van der Waals surface area contributed by atoms with Gasteiger partial charge in [-0.25, -0.2) is 9.97 Å². The molecular formula is C20H20ClN3OS. The smallest absolute Gasteiger partial charge is 0.270 e. The van der Waals surface area contributed by atoms with Crippen LogP contribution in [0.15, 0.2) is 54.0 Å². The predicted molar refractivity (Wildman–Crippen MR) is 106 cm³/mol. The van der Waals surface area contributed by atoms with Gasteiger partial charge >= 0.3 is 0 Å². The van der Waals surface area contributed by atoms with Crippen LogP contribution in [0.3, 0.4) is 0 Å². The number of thiazole rings is 1. The average molecular weight is 386 g/mol. The molecule has 0 spiro atoms. The van der Waals surface area contributed by atoms with Crippen molar-refractivity contribution in [2.24, 2.45) is 5.92 Å². The largest absolute Gasteiger partial charge is 0.341 e. The average Bonchev–Trinajstić information content (AvgIpc) is 3.15. The van der Waals surface area contributed by atoms with E-state index < -0.39 is 0 Å². The lowest BCUT2D eigenvalue weighted by Crippen LogP contribution is -2.30. The highest BCUT2D eigenvalue weighted by atomic mass is 35.5. The molecule has 1 amide bonds. The summed E-state index contributed by atoms with van der Waals surface area (Å²) in [6.45, 7) is 4.26. The van der Waals surface area contributed by atoms with Crippen molar-refractivity contribution in [2.75, 3.05) is 0 Å². The molecule has 2 aromatic heterocycles. The van der Waals surface area contributed by atoms with Crippen molar-refractivity contribution in [1.29, 1.82) is 0 Å². The number of carbonyl (C=O) groups excluding carboxylic acids is 1. The highest BCUT2D eigenvalue weighted by Crippen LogP contribution is 2.24. The zero-order chi connectivity index (χ0) is 18.5. The minimum Gasteiger partial charge on any atom is -0.341 e. The topological polar surface area (TPSA) is 54.9 Å². The van der Waals surface area contributed by atoms with Crippen LogP contribution in [0.25, 0.3) is 11.3 Å². The van der Waals surface area contributed by atoms with Crippen LogP contribution in [0.4, 0.5) is 0 Å². The number of rotatable bonds is 6. The van der Waals surface area contributed by atoms with Gasteiger partial charge < -0.3 is 5.32 Å². The van der Waals surface area contributed by atoms with E-state index in [-0.39, 0.29) is 11.9 Å². The molecule has 0 saturated carbocycles. The first-order valence-electron chi connectivity index (χ1n) is 8.46. The summed E-state index contributed by atoms with van der Waals surface area (Å²) in [5.41, 5.74) is 1.98. The van der Waals surface area contributed by atoms with Gasteiger partial charge in [0.05, 0.1) is 11.7 Å². The molecule has 26 heavy (non-hydrogen) atoms. The second-order valence-corrected chi connectivity index (χ2v) is 7.81. The monoisotopic (exact) mass is 385 g/mol. The van der Waals surface area contributed by atoms with Crippen molar-refractivity contribution in [3.05, 3.63) is 69.8 Å². The van der Waals surface area contributed by atoms with E-state index in [1.807, 2.05) is 41.8 Å². The minimum atomic E-state index is -0.199. The first-order valence-corrected chi connectivity index (χ1v) is 9.72. The number of hydrogen-bond acceptors (Lipinski definition) is 4. The molecule has 0 radical (unpaired) electrons. The molecule has 1 N–H and O–H groups in total. The van der Waals surface area contributed by atoms with Crippen LogP contribution < -0.4 is 5.32 Å². The van der Waals surface area contributed by atoms with Gasteiger partial charge in [-0.1, -0.05) is 43.6 Å². The van der Waals surface area contributed by atoms with Crippen LogP contribution in [-0.4, -0.2) is 15.9 Å². The molecule has 2 heterocycles. The summed E-state index contributed by atoms with van der Waals surface area (Å²) >= 11 is 7.61. The fourth-order valence-corrected chi connectivity index (χ4v) is 3.59. The maximum atomic E-state index is 12.8. The van der Waals surface area contributed by atoms with E-state index >= 15 is 0 Å². The Morgan fingerprint density at radius 1 is 1.23 bits per heavy atom. The number of amides is 1. The molecule has 0 aliphatic heterocycles. The Kier molecular flexibility index (Phi) is 6.01. The summed E-state index contributed by atoms with van der Waals surface area (Å²) in [4.78, 5) is 21.6. The third-order valence-electron chi connectivity index (χ3n) is 3.86. The fraction of sp³-hybridized carbons (Fsp3) is 0.250. The highest BCUT2D eigenvalue weighted by Gasteiger charge is 2.20. The molecule has 0 bridgehead atoms. The summed E-state index contributed by atoms with van der Waals surface area (Å²) in [5.74, 6) is 0.240. The molecule has 0 aliphatic rings. The first-order chi connectivity index (χ1) is 12.5. The standard InChI is InChI=1S/C20H20ClN3OS/c1-13(2)11-18(20-22-9-10-26-20)24-19(25)17-8-4-7-16(23-17)14-5-3-6-15(21)12-14/h3-10,12-13,18H,11H2,1-2H3,(H,24,25). The molecule has 1 unspecified atom stereocenters. The van der Waals surface area contributed by atoms with Crippen LogP contribution >= 0.6 is 22.9 Å². The summed E-state index contributed by atoms with van der Waals surface area (Å²) in [7, 11) is 0. The van der Waals surface area contributed by atoms with Gasteiger partial charge in [0.1, 0.15) is 10.7 Å². The lowest BCUT2D eigenvalue weighted by Gasteiger charge is -2.18. The summed E-state index contributed by atoms with van der Waals surface area (Å²) in [5, 5.41) is 6.55. The molecule has 1 atom stereocenters. The van der Waals surface area contributed by atoms with Gasteiger partial charge in [-0.15, -0.1) is 11.3 Å².